The number of hydrogen-bond acceptors (Lipinski definition) is 3. The van der Waals surface area contributed by atoms with Gasteiger partial charge in [0.25, 0.3) is 0 Å². The molecule has 1 aliphatic rings. The first-order valence-corrected chi connectivity index (χ1v) is 6.87. The van der Waals surface area contributed by atoms with Gasteiger partial charge in [-0.05, 0) is 31.0 Å². The zero-order valence-corrected chi connectivity index (χ0v) is 11.2. The van der Waals surface area contributed by atoms with Crippen LogP contribution in [0.25, 0.3) is 11.5 Å². The van der Waals surface area contributed by atoms with Crippen LogP contribution in [0.2, 0.25) is 5.02 Å². The molecule has 1 fully saturated rings. The van der Waals surface area contributed by atoms with Crippen LogP contribution in [0.5, 0.6) is 0 Å². The predicted octanol–water partition coefficient (Wildman–Crippen LogP) is 4.47. The molecule has 2 aromatic rings. The van der Waals surface area contributed by atoms with E-state index in [-0.39, 0.29) is 0 Å². The SMILES string of the molecule is O=Cc1nc(-c2cccc(Cl)c2)oc1C1CCCC1. The normalized spacial score (nSPS) is 15.8. The monoisotopic (exact) mass is 275 g/mol. The number of rotatable bonds is 3. The minimum absolute atomic E-state index is 0.334. The molecule has 0 aliphatic heterocycles. The molecule has 0 N–H and O–H groups in total. The summed E-state index contributed by atoms with van der Waals surface area (Å²) in [6.45, 7) is 0. The molecule has 0 bridgehead atoms. The van der Waals surface area contributed by atoms with E-state index in [4.69, 9.17) is 16.0 Å². The Morgan fingerprint density at radius 2 is 2.11 bits per heavy atom. The summed E-state index contributed by atoms with van der Waals surface area (Å²) in [4.78, 5) is 15.4. The van der Waals surface area contributed by atoms with Gasteiger partial charge in [0.05, 0.1) is 0 Å². The van der Waals surface area contributed by atoms with E-state index < -0.39 is 0 Å². The highest BCUT2D eigenvalue weighted by atomic mass is 35.5. The molecule has 3 rings (SSSR count). The average Bonchev–Trinajstić information content (AvgIpc) is 3.07. The lowest BCUT2D eigenvalue weighted by Gasteiger charge is -2.04. The number of aromatic nitrogens is 1. The zero-order chi connectivity index (χ0) is 13.2. The third-order valence-electron chi connectivity index (χ3n) is 3.59. The number of carbonyl (C=O) groups is 1. The minimum Gasteiger partial charge on any atom is -0.440 e. The van der Waals surface area contributed by atoms with Gasteiger partial charge in [0.1, 0.15) is 11.5 Å². The number of oxazole rings is 1. The van der Waals surface area contributed by atoms with Crippen molar-refractivity contribution < 1.29 is 9.21 Å². The fourth-order valence-electron chi connectivity index (χ4n) is 2.65. The van der Waals surface area contributed by atoms with Crippen LogP contribution >= 0.6 is 11.6 Å². The molecule has 0 spiro atoms. The molecule has 0 unspecified atom stereocenters. The zero-order valence-electron chi connectivity index (χ0n) is 10.4. The first-order chi connectivity index (χ1) is 9.28. The van der Waals surface area contributed by atoms with Crippen molar-refractivity contribution in [1.82, 2.24) is 4.98 Å². The lowest BCUT2D eigenvalue weighted by molar-refractivity contribution is 0.111. The van der Waals surface area contributed by atoms with E-state index in [1.54, 1.807) is 12.1 Å². The van der Waals surface area contributed by atoms with Gasteiger partial charge in [-0.25, -0.2) is 4.98 Å². The Morgan fingerprint density at radius 1 is 1.32 bits per heavy atom. The second kappa shape index (κ2) is 5.17. The summed E-state index contributed by atoms with van der Waals surface area (Å²) >= 11 is 5.96. The van der Waals surface area contributed by atoms with Crippen molar-refractivity contribution in [2.75, 3.05) is 0 Å². The molecular formula is C15H14ClNO2. The maximum Gasteiger partial charge on any atom is 0.227 e. The Labute approximate surface area is 116 Å². The molecule has 0 saturated heterocycles. The summed E-state index contributed by atoms with van der Waals surface area (Å²) in [5.74, 6) is 1.55. The smallest absolute Gasteiger partial charge is 0.227 e. The summed E-state index contributed by atoms with van der Waals surface area (Å²) in [6, 6.07) is 7.31. The van der Waals surface area contributed by atoms with Gasteiger partial charge in [-0.15, -0.1) is 0 Å². The van der Waals surface area contributed by atoms with Crippen LogP contribution < -0.4 is 0 Å². The van der Waals surface area contributed by atoms with Gasteiger partial charge in [-0.2, -0.15) is 0 Å². The van der Waals surface area contributed by atoms with Crippen molar-refractivity contribution in [3.8, 4) is 11.5 Å². The van der Waals surface area contributed by atoms with Crippen molar-refractivity contribution in [3.63, 3.8) is 0 Å². The molecule has 3 nitrogen and oxygen atoms in total. The molecule has 1 aliphatic carbocycles. The fourth-order valence-corrected chi connectivity index (χ4v) is 2.84. The van der Waals surface area contributed by atoms with Crippen LogP contribution in [-0.2, 0) is 0 Å². The number of halogens is 1. The second-order valence-corrected chi connectivity index (χ2v) is 5.31. The highest BCUT2D eigenvalue weighted by molar-refractivity contribution is 6.30. The van der Waals surface area contributed by atoms with Crippen LogP contribution in [0.4, 0.5) is 0 Å². The molecule has 1 heterocycles. The van der Waals surface area contributed by atoms with E-state index in [0.717, 1.165) is 30.5 Å². The highest BCUT2D eigenvalue weighted by Crippen LogP contribution is 2.37. The van der Waals surface area contributed by atoms with Crippen LogP contribution in [0, 0.1) is 0 Å². The molecule has 19 heavy (non-hydrogen) atoms. The van der Waals surface area contributed by atoms with E-state index in [1.807, 2.05) is 12.1 Å². The molecule has 1 aromatic carbocycles. The van der Waals surface area contributed by atoms with Crippen molar-refractivity contribution in [3.05, 3.63) is 40.7 Å². The van der Waals surface area contributed by atoms with Crippen molar-refractivity contribution in [2.24, 2.45) is 0 Å². The topological polar surface area (TPSA) is 43.1 Å². The molecule has 1 aromatic heterocycles. The number of carbonyl (C=O) groups excluding carboxylic acids is 1. The van der Waals surface area contributed by atoms with Gasteiger partial charge in [-0.1, -0.05) is 30.5 Å². The van der Waals surface area contributed by atoms with Gasteiger partial charge >= 0.3 is 0 Å². The summed E-state index contributed by atoms with van der Waals surface area (Å²) in [7, 11) is 0. The third-order valence-corrected chi connectivity index (χ3v) is 3.83. The van der Waals surface area contributed by atoms with E-state index in [0.29, 0.717) is 22.5 Å². The molecule has 4 heteroatoms. The van der Waals surface area contributed by atoms with Crippen molar-refractivity contribution >= 4 is 17.9 Å². The Kier molecular flexibility index (Phi) is 3.38. The maximum atomic E-state index is 11.1. The van der Waals surface area contributed by atoms with Gasteiger partial charge < -0.3 is 4.42 Å². The molecule has 0 atom stereocenters. The average molecular weight is 276 g/mol. The fraction of sp³-hybridized carbons (Fsp3) is 0.333. The summed E-state index contributed by atoms with van der Waals surface area (Å²) in [5.41, 5.74) is 1.24. The standard InChI is InChI=1S/C15H14ClNO2/c16-12-7-3-6-11(8-12)15-17-13(9-18)14(19-15)10-4-1-2-5-10/h3,6-10H,1-2,4-5H2. The quantitative estimate of drug-likeness (QED) is 0.777. The second-order valence-electron chi connectivity index (χ2n) is 4.88. The Morgan fingerprint density at radius 3 is 2.79 bits per heavy atom. The van der Waals surface area contributed by atoms with Gasteiger partial charge in [0.15, 0.2) is 6.29 Å². The number of benzene rings is 1. The lowest BCUT2D eigenvalue weighted by Crippen LogP contribution is -1.94. The molecule has 0 amide bonds. The molecule has 98 valence electrons. The van der Waals surface area contributed by atoms with Crippen LogP contribution in [0.1, 0.15) is 47.8 Å². The molecule has 1 saturated carbocycles. The first kappa shape index (κ1) is 12.4. The summed E-state index contributed by atoms with van der Waals surface area (Å²) in [6.07, 6.45) is 5.31. The maximum absolute atomic E-state index is 11.1. The number of nitrogens with zero attached hydrogens (tertiary/aromatic N) is 1. The van der Waals surface area contributed by atoms with Gasteiger partial charge in [-0.3, -0.25) is 4.79 Å². The van der Waals surface area contributed by atoms with E-state index >= 15 is 0 Å². The Balaban J connectivity index is 2.01. The Bertz CT molecular complexity index is 600. The van der Waals surface area contributed by atoms with Crippen LogP contribution in [-0.4, -0.2) is 11.3 Å². The molecule has 0 radical (unpaired) electrons. The summed E-state index contributed by atoms with van der Waals surface area (Å²) < 4.78 is 5.83. The number of hydrogen-bond donors (Lipinski definition) is 0. The van der Waals surface area contributed by atoms with E-state index in [2.05, 4.69) is 4.98 Å². The predicted molar refractivity (Wildman–Crippen MR) is 73.5 cm³/mol. The number of aldehydes is 1. The lowest BCUT2D eigenvalue weighted by atomic mass is 10.0. The summed E-state index contributed by atoms with van der Waals surface area (Å²) in [5, 5.41) is 0.630. The van der Waals surface area contributed by atoms with Crippen LogP contribution in [0.15, 0.2) is 28.7 Å². The minimum atomic E-state index is 0.334. The molecular weight excluding hydrogens is 262 g/mol. The van der Waals surface area contributed by atoms with Crippen molar-refractivity contribution in [1.29, 1.82) is 0 Å². The van der Waals surface area contributed by atoms with Crippen LogP contribution in [0.3, 0.4) is 0 Å². The van der Waals surface area contributed by atoms with Gasteiger partial charge in [0, 0.05) is 16.5 Å². The van der Waals surface area contributed by atoms with E-state index in [1.165, 1.54) is 12.8 Å². The highest BCUT2D eigenvalue weighted by Gasteiger charge is 2.25. The first-order valence-electron chi connectivity index (χ1n) is 6.50. The van der Waals surface area contributed by atoms with E-state index in [9.17, 15) is 4.79 Å². The Hall–Kier alpha value is -1.61. The van der Waals surface area contributed by atoms with Gasteiger partial charge in [0.2, 0.25) is 5.89 Å². The third kappa shape index (κ3) is 2.43. The van der Waals surface area contributed by atoms with Crippen molar-refractivity contribution in [2.45, 2.75) is 31.6 Å². The largest absolute Gasteiger partial charge is 0.440 e.